The fraction of sp³-hybridized carbons (Fsp3) is 0.737. The molecule has 3 heterocycles. The van der Waals surface area contributed by atoms with Crippen LogP contribution in [0.2, 0.25) is 0 Å². The highest BCUT2D eigenvalue weighted by molar-refractivity contribution is 8.25. The van der Waals surface area contributed by atoms with Gasteiger partial charge in [0.1, 0.15) is 9.07 Å². The predicted octanol–water partition coefficient (Wildman–Crippen LogP) is 0.894. The summed E-state index contributed by atoms with van der Waals surface area (Å²) in [5, 5.41) is 0. The van der Waals surface area contributed by atoms with Crippen LogP contribution in [0.4, 0.5) is 0 Å². The van der Waals surface area contributed by atoms with E-state index in [0.717, 1.165) is 11.8 Å². The van der Waals surface area contributed by atoms with Crippen LogP contribution in [0.5, 0.6) is 0 Å². The van der Waals surface area contributed by atoms with Crippen molar-refractivity contribution in [3.63, 3.8) is 0 Å². The third kappa shape index (κ3) is 3.37. The van der Waals surface area contributed by atoms with E-state index < -0.39 is 52.5 Å². The van der Waals surface area contributed by atoms with Gasteiger partial charge >= 0.3 is 17.9 Å². The van der Waals surface area contributed by atoms with Gasteiger partial charge in [-0.05, 0) is 5.92 Å². The Morgan fingerprint density at radius 1 is 1.19 bits per heavy atom. The molecule has 0 saturated carbocycles. The van der Waals surface area contributed by atoms with Crippen molar-refractivity contribution in [2.75, 3.05) is 39.5 Å². The lowest BCUT2D eigenvalue weighted by molar-refractivity contribution is -0.164. The summed E-state index contributed by atoms with van der Waals surface area (Å²) in [5.74, 6) is -2.63. The van der Waals surface area contributed by atoms with Crippen LogP contribution in [0.15, 0.2) is 0 Å². The molecule has 1 spiro atoms. The van der Waals surface area contributed by atoms with E-state index in [4.69, 9.17) is 26.4 Å². The number of nitrogens with zero attached hydrogens (tertiary/aromatic N) is 2. The van der Waals surface area contributed by atoms with E-state index in [1.165, 1.54) is 38.0 Å². The largest absolute Gasteiger partial charge is 0.469 e. The molecule has 0 radical (unpaired) electrons. The molecule has 0 aromatic carbocycles. The van der Waals surface area contributed by atoms with Crippen LogP contribution in [-0.2, 0) is 33.4 Å². The van der Waals surface area contributed by atoms with E-state index in [1.807, 2.05) is 13.8 Å². The molecule has 31 heavy (non-hydrogen) atoms. The maximum atomic E-state index is 14.1. The molecule has 3 fully saturated rings. The SMILES string of the molecule is COC(=O)CC1(C(=O)OC)N2CSCC2C(C(=O)OC)C12SC(=S)N(CC(C)C)C2=O. The molecule has 0 aromatic heterocycles. The number of ether oxygens (including phenoxy) is 3. The first-order chi connectivity index (χ1) is 14.6. The maximum Gasteiger partial charge on any atom is 0.329 e. The van der Waals surface area contributed by atoms with Crippen molar-refractivity contribution >= 4 is 63.9 Å². The molecule has 172 valence electrons. The Morgan fingerprint density at radius 3 is 2.42 bits per heavy atom. The average Bonchev–Trinajstić information content (AvgIpc) is 3.36. The minimum atomic E-state index is -1.76. The highest BCUT2D eigenvalue weighted by Gasteiger charge is 2.82. The van der Waals surface area contributed by atoms with Crippen molar-refractivity contribution < 1.29 is 33.4 Å². The van der Waals surface area contributed by atoms with Crippen molar-refractivity contribution in [2.24, 2.45) is 11.8 Å². The Hall–Kier alpha value is -1.37. The molecule has 0 bridgehead atoms. The van der Waals surface area contributed by atoms with Gasteiger partial charge in [-0.15, -0.1) is 11.8 Å². The van der Waals surface area contributed by atoms with Crippen LogP contribution < -0.4 is 0 Å². The number of esters is 3. The van der Waals surface area contributed by atoms with Crippen molar-refractivity contribution in [1.29, 1.82) is 0 Å². The van der Waals surface area contributed by atoms with Gasteiger partial charge in [0.05, 0.1) is 33.7 Å². The van der Waals surface area contributed by atoms with Gasteiger partial charge in [0, 0.05) is 24.2 Å². The first kappa shape index (κ1) is 24.3. The Balaban J connectivity index is 2.31. The van der Waals surface area contributed by atoms with Gasteiger partial charge in [0.2, 0.25) is 5.91 Å². The highest BCUT2D eigenvalue weighted by Crippen LogP contribution is 2.63. The van der Waals surface area contributed by atoms with Gasteiger partial charge in [-0.3, -0.25) is 24.2 Å². The van der Waals surface area contributed by atoms with Gasteiger partial charge in [-0.25, -0.2) is 4.79 Å². The summed E-state index contributed by atoms with van der Waals surface area (Å²) in [6.45, 7) is 4.21. The summed E-state index contributed by atoms with van der Waals surface area (Å²) < 4.78 is 13.7. The van der Waals surface area contributed by atoms with Crippen LogP contribution in [0.3, 0.4) is 0 Å². The quantitative estimate of drug-likeness (QED) is 0.301. The molecule has 4 unspecified atom stereocenters. The summed E-state index contributed by atoms with van der Waals surface area (Å²) >= 11 is 8.05. The molecule has 0 aliphatic carbocycles. The second-order valence-electron chi connectivity index (χ2n) is 8.06. The van der Waals surface area contributed by atoms with Crippen LogP contribution in [0, 0.1) is 11.8 Å². The van der Waals surface area contributed by atoms with Crippen molar-refractivity contribution in [2.45, 2.75) is 36.6 Å². The van der Waals surface area contributed by atoms with Crippen LogP contribution >= 0.6 is 35.7 Å². The molecule has 3 aliphatic rings. The molecule has 12 heteroatoms. The molecular weight excluding hydrogens is 464 g/mol. The Labute approximate surface area is 194 Å². The summed E-state index contributed by atoms with van der Waals surface area (Å²) in [7, 11) is 3.66. The fourth-order valence-corrected chi connectivity index (χ4v) is 8.28. The number of carbonyl (C=O) groups is 4. The van der Waals surface area contributed by atoms with E-state index in [0.29, 0.717) is 18.2 Å². The fourth-order valence-electron chi connectivity index (χ4n) is 4.84. The zero-order valence-corrected chi connectivity index (χ0v) is 20.5. The van der Waals surface area contributed by atoms with Crippen molar-refractivity contribution in [3.05, 3.63) is 0 Å². The third-order valence-corrected chi connectivity index (χ3v) is 9.02. The van der Waals surface area contributed by atoms with Gasteiger partial charge < -0.3 is 14.2 Å². The molecule has 0 N–H and O–H groups in total. The summed E-state index contributed by atoms with van der Waals surface area (Å²) in [5.41, 5.74) is -1.76. The lowest BCUT2D eigenvalue weighted by Gasteiger charge is -2.42. The average molecular weight is 491 g/mol. The van der Waals surface area contributed by atoms with Crippen LogP contribution in [0.25, 0.3) is 0 Å². The number of thiocarbonyl (C=S) groups is 1. The van der Waals surface area contributed by atoms with E-state index in [9.17, 15) is 19.2 Å². The number of amides is 1. The van der Waals surface area contributed by atoms with Crippen molar-refractivity contribution in [1.82, 2.24) is 9.80 Å². The number of rotatable bonds is 6. The second-order valence-corrected chi connectivity index (χ2v) is 10.9. The second kappa shape index (κ2) is 8.87. The first-order valence-electron chi connectivity index (χ1n) is 9.74. The van der Waals surface area contributed by atoms with E-state index >= 15 is 0 Å². The number of methoxy groups -OCH3 is 3. The molecule has 9 nitrogen and oxygen atoms in total. The molecule has 4 atom stereocenters. The van der Waals surface area contributed by atoms with Crippen LogP contribution in [0.1, 0.15) is 20.3 Å². The van der Waals surface area contributed by atoms with Gasteiger partial charge in [-0.2, -0.15) is 0 Å². The van der Waals surface area contributed by atoms with Crippen LogP contribution in [-0.4, -0.2) is 93.8 Å². The minimum absolute atomic E-state index is 0.0964. The predicted molar refractivity (Wildman–Crippen MR) is 119 cm³/mol. The monoisotopic (exact) mass is 490 g/mol. The molecule has 3 rings (SSSR count). The van der Waals surface area contributed by atoms with Gasteiger partial charge in [-0.1, -0.05) is 37.8 Å². The van der Waals surface area contributed by atoms with E-state index in [1.54, 1.807) is 4.90 Å². The lowest BCUT2D eigenvalue weighted by atomic mass is 9.74. The highest BCUT2D eigenvalue weighted by atomic mass is 32.2. The molecule has 0 aromatic rings. The number of fused-ring (bicyclic) bond motifs is 1. The summed E-state index contributed by atoms with van der Waals surface area (Å²) in [6, 6.07) is -0.501. The number of carbonyl (C=O) groups excluding carboxylic acids is 4. The van der Waals surface area contributed by atoms with Gasteiger partial charge in [0.25, 0.3) is 0 Å². The summed E-state index contributed by atoms with van der Waals surface area (Å²) in [6.07, 6.45) is -0.447. The Kier molecular flexibility index (Phi) is 6.95. The molecule has 3 saturated heterocycles. The lowest BCUT2D eigenvalue weighted by Crippen LogP contribution is -2.67. The molecule has 3 aliphatic heterocycles. The first-order valence-corrected chi connectivity index (χ1v) is 12.1. The van der Waals surface area contributed by atoms with E-state index in [2.05, 4.69) is 0 Å². The zero-order valence-electron chi connectivity index (χ0n) is 18.0. The van der Waals surface area contributed by atoms with Gasteiger partial charge in [0.15, 0.2) is 5.54 Å². The molecule has 1 amide bonds. The summed E-state index contributed by atoms with van der Waals surface area (Å²) in [4.78, 5) is 56.4. The third-order valence-electron chi connectivity index (χ3n) is 6.03. The normalized spacial score (nSPS) is 32.6. The zero-order chi connectivity index (χ0) is 23.1. The topological polar surface area (TPSA) is 102 Å². The number of hydrogen-bond donors (Lipinski definition) is 0. The number of hydrogen-bond acceptors (Lipinski definition) is 11. The smallest absolute Gasteiger partial charge is 0.329 e. The number of thioether (sulfide) groups is 2. The minimum Gasteiger partial charge on any atom is -0.469 e. The van der Waals surface area contributed by atoms with Crippen molar-refractivity contribution in [3.8, 4) is 0 Å². The Morgan fingerprint density at radius 2 is 1.87 bits per heavy atom. The standard InChI is InChI=1S/C19H26N2O7S3/c1-10(2)7-20-15(24)19(31-17(20)29)13(14(23)27-4)11-8-30-9-21(11)18(19,16(25)28-5)6-12(22)26-3/h10-11,13H,6-9H2,1-5H3. The van der Waals surface area contributed by atoms with E-state index in [-0.39, 0.29) is 10.2 Å². The Bertz CT molecular complexity index is 822. The maximum absolute atomic E-state index is 14.1. The molecular formula is C19H26N2O7S3.